The number of benzene rings is 9. The lowest BCUT2D eigenvalue weighted by molar-refractivity contribution is 0.590. The molecule has 0 bridgehead atoms. The number of hydrogen-bond donors (Lipinski definition) is 0. The monoisotopic (exact) mass is 1090 g/mol. The van der Waals surface area contributed by atoms with Crippen molar-refractivity contribution in [1.29, 1.82) is 0 Å². The van der Waals surface area contributed by atoms with Crippen molar-refractivity contribution >= 4 is 91.4 Å². The summed E-state index contributed by atoms with van der Waals surface area (Å²) in [5.74, 6) is 0. The van der Waals surface area contributed by atoms with E-state index in [2.05, 4.69) is 300 Å². The van der Waals surface area contributed by atoms with E-state index in [1.54, 1.807) is 0 Å². The summed E-state index contributed by atoms with van der Waals surface area (Å²) in [5.41, 5.74) is 36.9. The highest BCUT2D eigenvalue weighted by Gasteiger charge is 2.45. The van der Waals surface area contributed by atoms with Crippen LogP contribution < -0.4 is 26.2 Å². The van der Waals surface area contributed by atoms with Crippen LogP contribution in [0.4, 0.5) is 34.1 Å². The number of hydrogen-bond acceptors (Lipinski definition) is 2. The molecule has 0 unspecified atom stereocenters. The molecule has 2 aliphatic rings. The fraction of sp³-hybridized carbons (Fsp3) is 0.175. The van der Waals surface area contributed by atoms with E-state index in [0.717, 1.165) is 56.0 Å². The van der Waals surface area contributed by atoms with Gasteiger partial charge < -0.3 is 14.4 Å². The van der Waals surface area contributed by atoms with Crippen molar-refractivity contribution in [2.75, 3.05) is 9.80 Å². The lowest BCUT2D eigenvalue weighted by atomic mass is 9.33. The molecular weight excluding hydrogens is 1010 g/mol. The van der Waals surface area contributed by atoms with Gasteiger partial charge in [0.05, 0.1) is 22.6 Å². The molecule has 3 nitrogen and oxygen atoms in total. The molecule has 0 aliphatic carbocycles. The minimum Gasteiger partial charge on any atom is -0.311 e. The summed E-state index contributed by atoms with van der Waals surface area (Å²) in [4.78, 5) is 5.26. The molecule has 2 aliphatic heterocycles. The molecule has 0 spiro atoms. The van der Waals surface area contributed by atoms with E-state index >= 15 is 0 Å². The second-order valence-corrected chi connectivity index (χ2v) is 24.7. The first-order valence-corrected chi connectivity index (χ1v) is 29.7. The van der Waals surface area contributed by atoms with Gasteiger partial charge >= 0.3 is 0 Å². The van der Waals surface area contributed by atoms with Crippen LogP contribution in [0.2, 0.25) is 0 Å². The van der Waals surface area contributed by atoms with Gasteiger partial charge in [0.15, 0.2) is 0 Å². The normalized spacial score (nSPS) is 13.0. The lowest BCUT2D eigenvalue weighted by Gasteiger charge is -2.46. The van der Waals surface area contributed by atoms with Crippen LogP contribution in [0.3, 0.4) is 0 Å². The average Bonchev–Trinajstić information content (AvgIpc) is 0.980. The Bertz CT molecular complexity index is 4420. The molecule has 9 aromatic carbocycles. The second kappa shape index (κ2) is 21.3. The highest BCUT2D eigenvalue weighted by molar-refractivity contribution is 7.00. The summed E-state index contributed by atoms with van der Waals surface area (Å²) in [6.07, 6.45) is 8.47. The molecule has 4 heteroatoms. The van der Waals surface area contributed by atoms with Crippen molar-refractivity contribution in [3.05, 3.63) is 274 Å². The third kappa shape index (κ3) is 8.97. The van der Waals surface area contributed by atoms with Gasteiger partial charge in [-0.1, -0.05) is 162 Å². The van der Waals surface area contributed by atoms with Crippen molar-refractivity contribution in [3.8, 4) is 27.9 Å². The third-order valence-corrected chi connectivity index (χ3v) is 18.1. The van der Waals surface area contributed by atoms with E-state index in [0.29, 0.717) is 0 Å². The molecule has 0 amide bonds. The summed E-state index contributed by atoms with van der Waals surface area (Å²) in [6.45, 7) is 42.9. The summed E-state index contributed by atoms with van der Waals surface area (Å²) in [7, 11) is 0. The molecule has 10 aromatic rings. The number of aromatic nitrogens is 1. The fourth-order valence-corrected chi connectivity index (χ4v) is 14.1. The predicted molar refractivity (Wildman–Crippen MR) is 368 cm³/mol. The van der Waals surface area contributed by atoms with Gasteiger partial charge in [0, 0.05) is 39.4 Å². The highest BCUT2D eigenvalue weighted by Crippen LogP contribution is 2.50. The smallest absolute Gasteiger partial charge is 0.252 e. The molecule has 1 aromatic heterocycles. The summed E-state index contributed by atoms with van der Waals surface area (Å²) >= 11 is 0. The third-order valence-electron chi connectivity index (χ3n) is 18.1. The number of para-hydroxylation sites is 1. The van der Waals surface area contributed by atoms with Crippen LogP contribution in [0.1, 0.15) is 107 Å². The SMILES string of the molecule is C=C/C(=C(/C)C(=C)c1ccccc1C)c1cc(C)c(N2c3cc4c(cc3B3c5ccc(C(C)(C)C)cc5N(c5c(C)cc(-c6cccc(-c7ccccc7C)c6C)cc5C)c5cc(C)cc2c53)c(/C=C\C)c(C=C)n4-c2ccccc2)c(C)c1. The maximum atomic E-state index is 4.66. The number of aryl methyl sites for hydroxylation is 7. The standard InChI is InChI=1S/C80H76BN3/c1-17-28-67-68-46-70-74(47-72(68)82(71(67)19-3)61-31-21-20-22-32-61)84(79-51(7)41-58(42-52(79)8)62(18-2)55(11)56(12)63-33-25-23-29-49(63)5)76-40-48(4)39-75-77(76)81(70)69-38-37-60(80(14,15)16)45-73(69)83(75)78-53(9)43-59(44-54(78)10)65-35-27-36-66(57(65)13)64-34-26-24-30-50(64)6/h17-47H,2-3,12H2,1,4-11,13-16H3/b28-17-,62-55+. The first-order valence-electron chi connectivity index (χ1n) is 29.7. The van der Waals surface area contributed by atoms with E-state index in [1.165, 1.54) is 123 Å². The maximum Gasteiger partial charge on any atom is 0.252 e. The molecule has 12 rings (SSSR count). The first kappa shape index (κ1) is 55.4. The number of fused-ring (bicyclic) bond motifs is 5. The Labute approximate surface area is 500 Å². The van der Waals surface area contributed by atoms with Gasteiger partial charge in [-0.15, -0.1) is 0 Å². The molecule has 0 N–H and O–H groups in total. The number of anilines is 6. The summed E-state index contributed by atoms with van der Waals surface area (Å²) in [6, 6.07) is 61.7. The van der Waals surface area contributed by atoms with E-state index < -0.39 is 0 Å². The minimum atomic E-state index is -0.103. The largest absolute Gasteiger partial charge is 0.311 e. The zero-order valence-electron chi connectivity index (χ0n) is 51.4. The molecule has 0 saturated carbocycles. The molecule has 84 heavy (non-hydrogen) atoms. The van der Waals surface area contributed by atoms with Crippen LogP contribution in [0.5, 0.6) is 0 Å². The molecule has 0 fully saturated rings. The van der Waals surface area contributed by atoms with Crippen LogP contribution >= 0.6 is 0 Å². The Hall–Kier alpha value is -9.12. The van der Waals surface area contributed by atoms with Gasteiger partial charge in [-0.3, -0.25) is 0 Å². The van der Waals surface area contributed by atoms with Gasteiger partial charge in [0.25, 0.3) is 6.71 Å². The van der Waals surface area contributed by atoms with Gasteiger partial charge in [0.2, 0.25) is 0 Å². The van der Waals surface area contributed by atoms with Crippen LogP contribution in [-0.2, 0) is 5.41 Å². The van der Waals surface area contributed by atoms with Crippen molar-refractivity contribution in [1.82, 2.24) is 4.57 Å². The van der Waals surface area contributed by atoms with Crippen molar-refractivity contribution in [2.45, 2.75) is 95.4 Å². The van der Waals surface area contributed by atoms with Crippen LogP contribution in [-0.4, -0.2) is 11.3 Å². The fourth-order valence-electron chi connectivity index (χ4n) is 14.1. The zero-order valence-corrected chi connectivity index (χ0v) is 51.4. The van der Waals surface area contributed by atoms with Crippen LogP contribution in [0.25, 0.3) is 62.1 Å². The Morgan fingerprint density at radius 3 is 1.74 bits per heavy atom. The van der Waals surface area contributed by atoms with Gasteiger partial charge in [0.1, 0.15) is 0 Å². The predicted octanol–water partition coefficient (Wildman–Crippen LogP) is 20.2. The highest BCUT2D eigenvalue weighted by atomic mass is 15.2. The average molecular weight is 1090 g/mol. The second-order valence-electron chi connectivity index (χ2n) is 24.7. The van der Waals surface area contributed by atoms with Crippen LogP contribution in [0, 0.1) is 55.4 Å². The van der Waals surface area contributed by atoms with Gasteiger partial charge in [-0.05, 0) is 258 Å². The van der Waals surface area contributed by atoms with Crippen molar-refractivity contribution < 1.29 is 0 Å². The van der Waals surface area contributed by atoms with Gasteiger partial charge in [-0.25, -0.2) is 0 Å². The van der Waals surface area contributed by atoms with Crippen molar-refractivity contribution in [3.63, 3.8) is 0 Å². The van der Waals surface area contributed by atoms with E-state index in [-0.39, 0.29) is 12.1 Å². The Kier molecular flexibility index (Phi) is 14.0. The van der Waals surface area contributed by atoms with Crippen molar-refractivity contribution in [2.24, 2.45) is 0 Å². The number of allylic oxidation sites excluding steroid dienone is 5. The first-order chi connectivity index (χ1) is 40.3. The molecule has 3 heterocycles. The molecular formula is C80H76BN3. The lowest BCUT2D eigenvalue weighted by Crippen LogP contribution is -2.61. The zero-order chi connectivity index (χ0) is 59.2. The molecule has 0 saturated heterocycles. The van der Waals surface area contributed by atoms with Crippen LogP contribution in [0.15, 0.2) is 201 Å². The maximum absolute atomic E-state index is 4.66. The number of nitrogens with zero attached hydrogens (tertiary/aromatic N) is 3. The number of rotatable bonds is 11. The summed E-state index contributed by atoms with van der Waals surface area (Å²) in [5, 5.41) is 1.19. The Balaban J connectivity index is 1.15. The van der Waals surface area contributed by atoms with E-state index in [1.807, 2.05) is 12.2 Å². The molecule has 414 valence electrons. The minimum absolute atomic E-state index is 0.100. The van der Waals surface area contributed by atoms with E-state index in [4.69, 9.17) is 0 Å². The topological polar surface area (TPSA) is 11.4 Å². The molecule has 0 radical (unpaired) electrons. The quantitative estimate of drug-likeness (QED) is 0.0945. The van der Waals surface area contributed by atoms with E-state index in [9.17, 15) is 0 Å². The summed E-state index contributed by atoms with van der Waals surface area (Å²) < 4.78 is 2.41. The molecule has 0 atom stereocenters. The Morgan fingerprint density at radius 1 is 0.548 bits per heavy atom. The van der Waals surface area contributed by atoms with Gasteiger partial charge in [-0.2, -0.15) is 0 Å². The Morgan fingerprint density at radius 2 is 1.13 bits per heavy atom.